The lowest BCUT2D eigenvalue weighted by atomic mass is 10.3. The molecule has 0 fully saturated rings. The van der Waals surface area contributed by atoms with E-state index in [0.29, 0.717) is 17.3 Å². The van der Waals surface area contributed by atoms with Crippen LogP contribution >= 0.6 is 11.6 Å². The second kappa shape index (κ2) is 7.48. The van der Waals surface area contributed by atoms with Gasteiger partial charge in [0.15, 0.2) is 0 Å². The molecule has 0 saturated carbocycles. The summed E-state index contributed by atoms with van der Waals surface area (Å²) in [5.74, 6) is 0.751. The summed E-state index contributed by atoms with van der Waals surface area (Å²) in [6.45, 7) is 3.41. The fourth-order valence-corrected chi connectivity index (χ4v) is 1.74. The Morgan fingerprint density at radius 3 is 2.65 bits per heavy atom. The molecule has 0 aliphatic heterocycles. The molecule has 0 aliphatic carbocycles. The molecule has 0 spiro atoms. The second-order valence-corrected chi connectivity index (χ2v) is 4.23. The highest BCUT2D eigenvalue weighted by molar-refractivity contribution is 6.31. The molecule has 0 radical (unpaired) electrons. The first-order valence-electron chi connectivity index (χ1n) is 5.85. The van der Waals surface area contributed by atoms with Crippen LogP contribution in [0.4, 0.5) is 5.82 Å². The first-order valence-corrected chi connectivity index (χ1v) is 6.22. The van der Waals surface area contributed by atoms with Crippen LogP contribution in [0.3, 0.4) is 0 Å². The largest absolute Gasteiger partial charge is 0.395 e. The third kappa shape index (κ3) is 4.15. The van der Waals surface area contributed by atoms with Gasteiger partial charge in [-0.3, -0.25) is 0 Å². The van der Waals surface area contributed by atoms with Crippen molar-refractivity contribution in [3.63, 3.8) is 0 Å². The molecule has 0 aliphatic rings. The molecule has 0 amide bonds. The zero-order valence-electron chi connectivity index (χ0n) is 10.1. The normalized spacial score (nSPS) is 10.6. The maximum atomic E-state index is 9.12. The topological polar surface area (TPSA) is 56.6 Å². The van der Waals surface area contributed by atoms with Gasteiger partial charge in [0, 0.05) is 13.1 Å². The number of aliphatic hydroxyl groups excluding tert-OH is 2. The molecule has 0 bridgehead atoms. The van der Waals surface area contributed by atoms with E-state index in [1.807, 2.05) is 11.0 Å². The zero-order chi connectivity index (χ0) is 12.7. The maximum Gasteiger partial charge on any atom is 0.129 e. The molecule has 0 saturated heterocycles. The Kier molecular flexibility index (Phi) is 6.26. The number of anilines is 1. The first kappa shape index (κ1) is 14.2. The molecule has 0 atom stereocenters. The van der Waals surface area contributed by atoms with E-state index < -0.39 is 0 Å². The quantitative estimate of drug-likeness (QED) is 0.783. The number of unbranched alkanes of at least 4 members (excludes halogenated alkanes) is 1. The van der Waals surface area contributed by atoms with E-state index in [1.165, 1.54) is 0 Å². The van der Waals surface area contributed by atoms with Crippen molar-refractivity contribution in [3.8, 4) is 0 Å². The van der Waals surface area contributed by atoms with E-state index in [0.717, 1.165) is 25.2 Å². The van der Waals surface area contributed by atoms with Crippen LogP contribution in [0, 0.1) is 0 Å². The van der Waals surface area contributed by atoms with Gasteiger partial charge in [-0.2, -0.15) is 0 Å². The van der Waals surface area contributed by atoms with Gasteiger partial charge in [-0.1, -0.05) is 24.9 Å². The minimum Gasteiger partial charge on any atom is -0.395 e. The second-order valence-electron chi connectivity index (χ2n) is 3.82. The van der Waals surface area contributed by atoms with Gasteiger partial charge in [0.2, 0.25) is 0 Å². The van der Waals surface area contributed by atoms with Gasteiger partial charge in [0.05, 0.1) is 23.9 Å². The summed E-state index contributed by atoms with van der Waals surface area (Å²) in [6, 6.07) is 3.54. The molecule has 0 aromatic carbocycles. The van der Waals surface area contributed by atoms with Gasteiger partial charge in [-0.05, 0) is 18.6 Å². The third-order valence-electron chi connectivity index (χ3n) is 2.53. The van der Waals surface area contributed by atoms with Crippen LogP contribution in [0.1, 0.15) is 25.5 Å². The Morgan fingerprint density at radius 1 is 1.29 bits per heavy atom. The Labute approximate surface area is 107 Å². The number of aliphatic hydroxyl groups is 2. The van der Waals surface area contributed by atoms with Crippen LogP contribution in [-0.2, 0) is 6.61 Å². The number of halogens is 1. The summed E-state index contributed by atoms with van der Waals surface area (Å²) in [5.41, 5.74) is 0.476. The highest BCUT2D eigenvalue weighted by Crippen LogP contribution is 2.19. The molecule has 1 heterocycles. The molecule has 1 aromatic rings. The Balaban J connectivity index is 2.85. The van der Waals surface area contributed by atoms with Crippen LogP contribution in [0.25, 0.3) is 0 Å². The highest BCUT2D eigenvalue weighted by Gasteiger charge is 2.09. The smallest absolute Gasteiger partial charge is 0.129 e. The number of rotatable bonds is 7. The molecular formula is C12H19ClN2O2. The third-order valence-corrected chi connectivity index (χ3v) is 2.87. The molecule has 4 nitrogen and oxygen atoms in total. The lowest BCUT2D eigenvalue weighted by Gasteiger charge is -2.23. The van der Waals surface area contributed by atoms with Gasteiger partial charge in [0.1, 0.15) is 5.82 Å². The number of pyridine rings is 1. The van der Waals surface area contributed by atoms with Gasteiger partial charge < -0.3 is 15.1 Å². The van der Waals surface area contributed by atoms with Crippen molar-refractivity contribution in [3.05, 3.63) is 22.8 Å². The Morgan fingerprint density at radius 2 is 2.06 bits per heavy atom. The Hall–Kier alpha value is -0.840. The summed E-state index contributed by atoms with van der Waals surface area (Å²) < 4.78 is 0. The van der Waals surface area contributed by atoms with Crippen molar-refractivity contribution in [1.82, 2.24) is 4.98 Å². The summed E-state index contributed by atoms with van der Waals surface area (Å²) in [4.78, 5) is 6.29. The molecule has 96 valence electrons. The van der Waals surface area contributed by atoms with Gasteiger partial charge in [0.25, 0.3) is 0 Å². The van der Waals surface area contributed by atoms with Crippen LogP contribution in [0.2, 0.25) is 5.02 Å². The van der Waals surface area contributed by atoms with Crippen LogP contribution < -0.4 is 4.90 Å². The van der Waals surface area contributed by atoms with Crippen molar-refractivity contribution in [2.45, 2.75) is 26.4 Å². The molecule has 2 N–H and O–H groups in total. The zero-order valence-corrected chi connectivity index (χ0v) is 10.8. The van der Waals surface area contributed by atoms with Crippen molar-refractivity contribution >= 4 is 17.4 Å². The van der Waals surface area contributed by atoms with E-state index in [-0.39, 0.29) is 13.2 Å². The molecule has 17 heavy (non-hydrogen) atoms. The van der Waals surface area contributed by atoms with Crippen LogP contribution in [-0.4, -0.2) is 34.9 Å². The van der Waals surface area contributed by atoms with Crippen molar-refractivity contribution in [2.75, 3.05) is 24.6 Å². The monoisotopic (exact) mass is 258 g/mol. The number of hydrogen-bond donors (Lipinski definition) is 2. The van der Waals surface area contributed by atoms with E-state index in [4.69, 9.17) is 21.8 Å². The highest BCUT2D eigenvalue weighted by atomic mass is 35.5. The predicted molar refractivity (Wildman–Crippen MR) is 69.4 cm³/mol. The van der Waals surface area contributed by atoms with Crippen LogP contribution in [0.15, 0.2) is 12.1 Å². The fourth-order valence-electron chi connectivity index (χ4n) is 1.57. The minimum atomic E-state index is -0.173. The van der Waals surface area contributed by atoms with E-state index in [1.54, 1.807) is 6.07 Å². The number of aromatic nitrogens is 1. The standard InChI is InChI=1S/C12H19ClN2O2/c1-2-3-6-15(7-8-16)12-5-4-10(13)11(9-17)14-12/h4-5,16-17H,2-3,6-9H2,1H3. The summed E-state index contributed by atoms with van der Waals surface area (Å²) in [5, 5.41) is 18.6. The van der Waals surface area contributed by atoms with E-state index in [9.17, 15) is 0 Å². The van der Waals surface area contributed by atoms with Gasteiger partial charge in [-0.25, -0.2) is 4.98 Å². The van der Waals surface area contributed by atoms with E-state index >= 15 is 0 Å². The molecule has 1 rings (SSSR count). The van der Waals surface area contributed by atoms with Crippen molar-refractivity contribution in [2.24, 2.45) is 0 Å². The number of nitrogens with zero attached hydrogens (tertiary/aromatic N) is 2. The minimum absolute atomic E-state index is 0.0858. The predicted octanol–water partition coefficient (Wildman–Crippen LogP) is 1.83. The molecule has 0 unspecified atom stereocenters. The van der Waals surface area contributed by atoms with Crippen LogP contribution in [0.5, 0.6) is 0 Å². The summed E-state index contributed by atoms with van der Waals surface area (Å²) >= 11 is 5.89. The van der Waals surface area contributed by atoms with Gasteiger partial charge >= 0.3 is 0 Å². The van der Waals surface area contributed by atoms with Gasteiger partial charge in [-0.15, -0.1) is 0 Å². The molecule has 5 heteroatoms. The fraction of sp³-hybridized carbons (Fsp3) is 0.583. The summed E-state index contributed by atoms with van der Waals surface area (Å²) in [7, 11) is 0. The Bertz CT molecular complexity index is 347. The summed E-state index contributed by atoms with van der Waals surface area (Å²) in [6.07, 6.45) is 2.13. The van der Waals surface area contributed by atoms with E-state index in [2.05, 4.69) is 11.9 Å². The average Bonchev–Trinajstić information content (AvgIpc) is 2.35. The van der Waals surface area contributed by atoms with Crippen molar-refractivity contribution in [1.29, 1.82) is 0 Å². The lowest BCUT2D eigenvalue weighted by Crippen LogP contribution is -2.28. The number of hydrogen-bond acceptors (Lipinski definition) is 4. The maximum absolute atomic E-state index is 9.12. The lowest BCUT2D eigenvalue weighted by molar-refractivity contribution is 0.277. The molecule has 1 aromatic heterocycles. The van der Waals surface area contributed by atoms with Crippen molar-refractivity contribution < 1.29 is 10.2 Å². The molecular weight excluding hydrogens is 240 g/mol. The average molecular weight is 259 g/mol. The first-order chi connectivity index (χ1) is 8.22. The SMILES string of the molecule is CCCCN(CCO)c1ccc(Cl)c(CO)n1.